The molecule has 0 aliphatic carbocycles. The molecule has 0 aliphatic rings. The van der Waals surface area contributed by atoms with Gasteiger partial charge in [-0.05, 0) is 11.8 Å². The summed E-state index contributed by atoms with van der Waals surface area (Å²) < 4.78 is 1.74. The van der Waals surface area contributed by atoms with Crippen LogP contribution in [0.15, 0.2) is 18.5 Å². The zero-order valence-electron chi connectivity index (χ0n) is 5.90. The third-order valence-corrected chi connectivity index (χ3v) is 2.01. The predicted molar refractivity (Wildman–Crippen MR) is 43.6 cm³/mol. The van der Waals surface area contributed by atoms with Crippen LogP contribution in [-0.2, 0) is 0 Å². The van der Waals surface area contributed by atoms with Crippen LogP contribution in [0, 0.1) is 0 Å². The Kier molecular flexibility index (Phi) is 2.77. The standard InChI is InChI=1S/C6H11N3S/c1-2-10-6(7)9-5-3-4-8-9/h3-6H,2,7H2,1H3. The molecule has 1 aromatic rings. The van der Waals surface area contributed by atoms with Gasteiger partial charge in [0.25, 0.3) is 0 Å². The zero-order chi connectivity index (χ0) is 7.40. The third-order valence-electron chi connectivity index (χ3n) is 1.12. The minimum Gasteiger partial charge on any atom is -0.301 e. The quantitative estimate of drug-likeness (QED) is 0.667. The van der Waals surface area contributed by atoms with Crippen LogP contribution in [0.1, 0.15) is 12.4 Å². The SMILES string of the molecule is CCSC(N)n1cccn1. The summed E-state index contributed by atoms with van der Waals surface area (Å²) in [6.45, 7) is 2.08. The van der Waals surface area contributed by atoms with Gasteiger partial charge in [-0.3, -0.25) is 0 Å². The molecule has 0 spiro atoms. The zero-order valence-corrected chi connectivity index (χ0v) is 6.71. The number of nitrogens with two attached hydrogens (primary N) is 1. The number of aromatic nitrogens is 2. The van der Waals surface area contributed by atoms with E-state index < -0.39 is 0 Å². The first-order valence-corrected chi connectivity index (χ1v) is 4.25. The van der Waals surface area contributed by atoms with E-state index in [-0.39, 0.29) is 5.50 Å². The van der Waals surface area contributed by atoms with Crippen molar-refractivity contribution >= 4 is 11.8 Å². The minimum atomic E-state index is -0.0278. The normalized spacial score (nSPS) is 13.4. The lowest BCUT2D eigenvalue weighted by molar-refractivity contribution is 0.620. The van der Waals surface area contributed by atoms with Gasteiger partial charge in [0, 0.05) is 12.4 Å². The largest absolute Gasteiger partial charge is 0.301 e. The van der Waals surface area contributed by atoms with E-state index in [1.807, 2.05) is 12.3 Å². The highest BCUT2D eigenvalue weighted by Crippen LogP contribution is 2.13. The van der Waals surface area contributed by atoms with Crippen LogP contribution in [0.3, 0.4) is 0 Å². The van der Waals surface area contributed by atoms with Gasteiger partial charge >= 0.3 is 0 Å². The van der Waals surface area contributed by atoms with Gasteiger partial charge in [-0.2, -0.15) is 5.10 Å². The van der Waals surface area contributed by atoms with Gasteiger partial charge < -0.3 is 5.73 Å². The van der Waals surface area contributed by atoms with Crippen molar-refractivity contribution in [2.75, 3.05) is 5.75 Å². The van der Waals surface area contributed by atoms with Crippen molar-refractivity contribution < 1.29 is 0 Å². The predicted octanol–water partition coefficient (Wildman–Crippen LogP) is 1.05. The van der Waals surface area contributed by atoms with Crippen molar-refractivity contribution in [3.05, 3.63) is 18.5 Å². The van der Waals surface area contributed by atoms with E-state index in [1.165, 1.54) is 0 Å². The Balaban J connectivity index is 2.50. The van der Waals surface area contributed by atoms with E-state index in [4.69, 9.17) is 5.73 Å². The highest BCUT2D eigenvalue weighted by atomic mass is 32.2. The molecular weight excluding hydrogens is 146 g/mol. The molecular formula is C6H11N3S. The summed E-state index contributed by atoms with van der Waals surface area (Å²) in [5, 5.41) is 4.01. The second-order valence-corrected chi connectivity index (χ2v) is 3.23. The van der Waals surface area contributed by atoms with Crippen LogP contribution in [0.5, 0.6) is 0 Å². The first kappa shape index (κ1) is 7.63. The molecule has 0 amide bonds. The van der Waals surface area contributed by atoms with Gasteiger partial charge in [0.15, 0.2) is 0 Å². The van der Waals surface area contributed by atoms with E-state index in [2.05, 4.69) is 12.0 Å². The Morgan fingerprint density at radius 3 is 3.10 bits per heavy atom. The van der Waals surface area contributed by atoms with Gasteiger partial charge in [-0.1, -0.05) is 6.92 Å². The van der Waals surface area contributed by atoms with E-state index in [9.17, 15) is 0 Å². The van der Waals surface area contributed by atoms with E-state index in [1.54, 1.807) is 22.6 Å². The second-order valence-electron chi connectivity index (χ2n) is 1.83. The first-order chi connectivity index (χ1) is 4.84. The molecule has 2 N–H and O–H groups in total. The Labute approximate surface area is 64.6 Å². The Hall–Kier alpha value is -0.480. The highest BCUT2D eigenvalue weighted by molar-refractivity contribution is 7.99. The van der Waals surface area contributed by atoms with Crippen molar-refractivity contribution in [1.29, 1.82) is 0 Å². The molecule has 0 radical (unpaired) electrons. The summed E-state index contributed by atoms with van der Waals surface area (Å²) >= 11 is 1.67. The molecule has 1 aromatic heterocycles. The maximum Gasteiger partial charge on any atom is 0.146 e. The Bertz CT molecular complexity index is 173. The van der Waals surface area contributed by atoms with Crippen LogP contribution >= 0.6 is 11.8 Å². The average Bonchev–Trinajstić information content (AvgIpc) is 2.38. The van der Waals surface area contributed by atoms with Gasteiger partial charge in [0.2, 0.25) is 0 Å². The first-order valence-electron chi connectivity index (χ1n) is 3.21. The van der Waals surface area contributed by atoms with Crippen molar-refractivity contribution in [1.82, 2.24) is 9.78 Å². The van der Waals surface area contributed by atoms with Gasteiger partial charge in [0.05, 0.1) is 0 Å². The molecule has 0 fully saturated rings. The minimum absolute atomic E-state index is 0.0278. The van der Waals surface area contributed by atoms with Crippen molar-refractivity contribution in [3.63, 3.8) is 0 Å². The number of hydrogen-bond donors (Lipinski definition) is 1. The Morgan fingerprint density at radius 1 is 1.80 bits per heavy atom. The van der Waals surface area contributed by atoms with Crippen LogP contribution in [0.4, 0.5) is 0 Å². The van der Waals surface area contributed by atoms with Crippen LogP contribution in [0.2, 0.25) is 0 Å². The maximum atomic E-state index is 5.71. The Morgan fingerprint density at radius 2 is 2.60 bits per heavy atom. The number of hydrogen-bond acceptors (Lipinski definition) is 3. The topological polar surface area (TPSA) is 43.8 Å². The summed E-state index contributed by atoms with van der Waals surface area (Å²) in [5.41, 5.74) is 5.69. The van der Waals surface area contributed by atoms with E-state index in [0.717, 1.165) is 5.75 Å². The number of rotatable bonds is 3. The third kappa shape index (κ3) is 1.75. The second kappa shape index (κ2) is 3.63. The fraction of sp³-hybridized carbons (Fsp3) is 0.500. The summed E-state index contributed by atoms with van der Waals surface area (Å²) in [7, 11) is 0. The lowest BCUT2D eigenvalue weighted by Crippen LogP contribution is -2.15. The molecule has 10 heavy (non-hydrogen) atoms. The molecule has 0 bridgehead atoms. The van der Waals surface area contributed by atoms with Gasteiger partial charge in [0.1, 0.15) is 5.50 Å². The summed E-state index contributed by atoms with van der Waals surface area (Å²) in [5.74, 6) is 1.01. The monoisotopic (exact) mass is 157 g/mol. The van der Waals surface area contributed by atoms with E-state index >= 15 is 0 Å². The molecule has 0 saturated heterocycles. The lowest BCUT2D eigenvalue weighted by atomic mass is 10.8. The highest BCUT2D eigenvalue weighted by Gasteiger charge is 2.01. The molecule has 1 unspecified atom stereocenters. The average molecular weight is 157 g/mol. The van der Waals surface area contributed by atoms with Crippen LogP contribution < -0.4 is 5.73 Å². The molecule has 56 valence electrons. The molecule has 3 nitrogen and oxygen atoms in total. The molecule has 4 heteroatoms. The summed E-state index contributed by atoms with van der Waals surface area (Å²) in [6.07, 6.45) is 3.60. The van der Waals surface area contributed by atoms with Crippen molar-refractivity contribution in [3.8, 4) is 0 Å². The molecule has 1 rings (SSSR count). The molecule has 0 aliphatic heterocycles. The van der Waals surface area contributed by atoms with Crippen molar-refractivity contribution in [2.45, 2.75) is 12.4 Å². The van der Waals surface area contributed by atoms with Gasteiger partial charge in [-0.25, -0.2) is 4.68 Å². The lowest BCUT2D eigenvalue weighted by Gasteiger charge is -2.08. The maximum absolute atomic E-state index is 5.71. The molecule has 1 heterocycles. The fourth-order valence-electron chi connectivity index (χ4n) is 0.678. The molecule has 0 aromatic carbocycles. The van der Waals surface area contributed by atoms with E-state index in [0.29, 0.717) is 0 Å². The van der Waals surface area contributed by atoms with Gasteiger partial charge in [-0.15, -0.1) is 11.8 Å². The number of thioether (sulfide) groups is 1. The van der Waals surface area contributed by atoms with Crippen molar-refractivity contribution in [2.24, 2.45) is 5.73 Å². The summed E-state index contributed by atoms with van der Waals surface area (Å²) in [4.78, 5) is 0. The smallest absolute Gasteiger partial charge is 0.146 e. The molecule has 0 saturated carbocycles. The summed E-state index contributed by atoms with van der Waals surface area (Å²) in [6, 6.07) is 1.87. The fourth-order valence-corrected chi connectivity index (χ4v) is 1.30. The van der Waals surface area contributed by atoms with Crippen LogP contribution in [-0.4, -0.2) is 15.5 Å². The van der Waals surface area contributed by atoms with Crippen LogP contribution in [0.25, 0.3) is 0 Å². The number of nitrogens with zero attached hydrogens (tertiary/aromatic N) is 2. The molecule has 1 atom stereocenters.